The van der Waals surface area contributed by atoms with Crippen LogP contribution in [0, 0.1) is 18.3 Å². The Kier molecular flexibility index (Phi) is 6.65. The number of nitrogens with one attached hydrogen (secondary N) is 1. The minimum Gasteiger partial charge on any atom is -0.493 e. The number of nitrogens with zero attached hydrogens (tertiary/aromatic N) is 1. The van der Waals surface area contributed by atoms with Crippen LogP contribution in [-0.2, 0) is 4.79 Å². The Morgan fingerprint density at radius 1 is 1.31 bits per heavy atom. The molecule has 0 fully saturated rings. The van der Waals surface area contributed by atoms with Crippen molar-refractivity contribution in [2.45, 2.75) is 13.8 Å². The minimum atomic E-state index is -0.508. The number of halogens is 1. The predicted octanol–water partition coefficient (Wildman–Crippen LogP) is 4.60. The van der Waals surface area contributed by atoms with Crippen LogP contribution in [-0.4, -0.2) is 19.6 Å². The molecule has 2 aromatic carbocycles. The van der Waals surface area contributed by atoms with Crippen LogP contribution in [0.3, 0.4) is 0 Å². The third-order valence-electron chi connectivity index (χ3n) is 3.64. The molecule has 0 saturated heterocycles. The average Bonchev–Trinajstić information content (AvgIpc) is 2.63. The van der Waals surface area contributed by atoms with Gasteiger partial charge in [0.2, 0.25) is 0 Å². The summed E-state index contributed by atoms with van der Waals surface area (Å²) in [7, 11) is 1.51. The molecule has 0 saturated carbocycles. The maximum absolute atomic E-state index is 12.4. The molecular weight excluding hydrogens is 352 g/mol. The van der Waals surface area contributed by atoms with Crippen molar-refractivity contribution in [2.24, 2.45) is 0 Å². The highest BCUT2D eigenvalue weighted by Gasteiger charge is 2.14. The Hall–Kier alpha value is -2.97. The molecule has 0 spiro atoms. The van der Waals surface area contributed by atoms with Crippen LogP contribution in [0.4, 0.5) is 5.69 Å². The van der Waals surface area contributed by atoms with Crippen LogP contribution < -0.4 is 14.8 Å². The monoisotopic (exact) mass is 370 g/mol. The first-order chi connectivity index (χ1) is 12.5. The van der Waals surface area contributed by atoms with E-state index in [1.807, 2.05) is 38.1 Å². The van der Waals surface area contributed by atoms with Gasteiger partial charge in [-0.3, -0.25) is 4.79 Å². The maximum atomic E-state index is 12.4. The Balaban J connectivity index is 2.36. The molecule has 0 unspecified atom stereocenters. The molecule has 0 radical (unpaired) electrons. The zero-order valence-electron chi connectivity index (χ0n) is 14.8. The van der Waals surface area contributed by atoms with Crippen LogP contribution in [0.2, 0.25) is 5.02 Å². The third kappa shape index (κ3) is 4.56. The maximum Gasteiger partial charge on any atom is 0.266 e. The lowest BCUT2D eigenvalue weighted by Crippen LogP contribution is -2.14. The number of aryl methyl sites for hydroxylation is 1. The topological polar surface area (TPSA) is 71.3 Å². The van der Waals surface area contributed by atoms with Crippen LogP contribution in [0.5, 0.6) is 11.5 Å². The van der Waals surface area contributed by atoms with Gasteiger partial charge in [-0.15, -0.1) is 0 Å². The zero-order valence-corrected chi connectivity index (χ0v) is 15.6. The summed E-state index contributed by atoms with van der Waals surface area (Å²) < 4.78 is 10.7. The van der Waals surface area contributed by atoms with Crippen molar-refractivity contribution < 1.29 is 14.3 Å². The molecule has 1 amide bonds. The first-order valence-corrected chi connectivity index (χ1v) is 8.37. The molecule has 1 N–H and O–H groups in total. The fourth-order valence-electron chi connectivity index (χ4n) is 2.30. The number of para-hydroxylation sites is 1. The van der Waals surface area contributed by atoms with Crippen LogP contribution in [0.25, 0.3) is 6.08 Å². The molecule has 5 nitrogen and oxygen atoms in total. The molecule has 134 valence electrons. The molecular formula is C20H19ClN2O3. The summed E-state index contributed by atoms with van der Waals surface area (Å²) in [5, 5.41) is 12.5. The van der Waals surface area contributed by atoms with Gasteiger partial charge in [-0.05, 0) is 43.2 Å². The third-order valence-corrected chi connectivity index (χ3v) is 3.97. The van der Waals surface area contributed by atoms with E-state index in [-0.39, 0.29) is 5.57 Å². The van der Waals surface area contributed by atoms with Crippen molar-refractivity contribution in [2.75, 3.05) is 19.0 Å². The van der Waals surface area contributed by atoms with E-state index >= 15 is 0 Å². The number of anilines is 1. The molecule has 0 atom stereocenters. The summed E-state index contributed by atoms with van der Waals surface area (Å²) >= 11 is 6.25. The smallest absolute Gasteiger partial charge is 0.266 e. The van der Waals surface area contributed by atoms with Gasteiger partial charge < -0.3 is 14.8 Å². The largest absolute Gasteiger partial charge is 0.493 e. The van der Waals surface area contributed by atoms with Crippen molar-refractivity contribution in [3.8, 4) is 17.6 Å². The lowest BCUT2D eigenvalue weighted by molar-refractivity contribution is -0.112. The van der Waals surface area contributed by atoms with E-state index in [0.717, 1.165) is 5.56 Å². The lowest BCUT2D eigenvalue weighted by atomic mass is 10.1. The highest BCUT2D eigenvalue weighted by Crippen LogP contribution is 2.34. The molecule has 0 aromatic heterocycles. The van der Waals surface area contributed by atoms with Crippen molar-refractivity contribution >= 4 is 29.3 Å². The normalized spacial score (nSPS) is 10.8. The summed E-state index contributed by atoms with van der Waals surface area (Å²) in [5.41, 5.74) is 1.98. The van der Waals surface area contributed by atoms with Gasteiger partial charge in [0, 0.05) is 11.8 Å². The van der Waals surface area contributed by atoms with E-state index in [4.69, 9.17) is 21.1 Å². The van der Waals surface area contributed by atoms with Crippen molar-refractivity contribution in [3.63, 3.8) is 0 Å². The van der Waals surface area contributed by atoms with Crippen molar-refractivity contribution in [3.05, 3.63) is 58.1 Å². The number of benzene rings is 2. The molecule has 0 aliphatic heterocycles. The first kappa shape index (κ1) is 19.4. The molecule has 6 heteroatoms. The Morgan fingerprint density at radius 3 is 2.65 bits per heavy atom. The summed E-state index contributed by atoms with van der Waals surface area (Å²) in [6.45, 7) is 4.17. The van der Waals surface area contributed by atoms with Gasteiger partial charge in [-0.25, -0.2) is 0 Å². The molecule has 26 heavy (non-hydrogen) atoms. The lowest BCUT2D eigenvalue weighted by Gasteiger charge is -2.12. The van der Waals surface area contributed by atoms with Gasteiger partial charge in [-0.1, -0.05) is 29.8 Å². The summed E-state index contributed by atoms with van der Waals surface area (Å²) in [5.74, 6) is 0.464. The Morgan fingerprint density at radius 2 is 2.04 bits per heavy atom. The Labute approximate surface area is 157 Å². The first-order valence-electron chi connectivity index (χ1n) is 7.99. The summed E-state index contributed by atoms with van der Waals surface area (Å²) in [6.07, 6.45) is 1.43. The van der Waals surface area contributed by atoms with E-state index in [2.05, 4.69) is 5.32 Å². The quantitative estimate of drug-likeness (QED) is 0.595. The zero-order chi connectivity index (χ0) is 19.1. The fraction of sp³-hybridized carbons (Fsp3) is 0.200. The SMILES string of the molecule is CCOc1cc(/C=C(\C#N)C(=O)Nc2ccccc2C)c(Cl)cc1OC. The van der Waals surface area contributed by atoms with Gasteiger partial charge >= 0.3 is 0 Å². The molecule has 0 bridgehead atoms. The number of hydrogen-bond donors (Lipinski definition) is 1. The molecule has 0 aliphatic carbocycles. The van der Waals surface area contributed by atoms with E-state index < -0.39 is 5.91 Å². The van der Waals surface area contributed by atoms with Crippen LogP contribution >= 0.6 is 11.6 Å². The second-order valence-corrected chi connectivity index (χ2v) is 5.80. The number of ether oxygens (including phenoxy) is 2. The standard InChI is InChI=1S/C20H19ClN2O3/c1-4-26-19-10-14(16(21)11-18(19)25-3)9-15(12-22)20(24)23-17-8-6-5-7-13(17)2/h5-11H,4H2,1-3H3,(H,23,24)/b15-9+. The highest BCUT2D eigenvalue weighted by molar-refractivity contribution is 6.32. The number of amides is 1. The van der Waals surface area contributed by atoms with E-state index in [1.54, 1.807) is 18.2 Å². The summed E-state index contributed by atoms with van der Waals surface area (Å²) in [6, 6.07) is 12.5. The number of carbonyl (C=O) groups is 1. The summed E-state index contributed by atoms with van der Waals surface area (Å²) in [4.78, 5) is 12.4. The van der Waals surface area contributed by atoms with E-state index in [1.165, 1.54) is 13.2 Å². The van der Waals surface area contributed by atoms with Crippen LogP contribution in [0.15, 0.2) is 42.0 Å². The van der Waals surface area contributed by atoms with Crippen LogP contribution in [0.1, 0.15) is 18.1 Å². The number of nitriles is 1. The second-order valence-electron chi connectivity index (χ2n) is 5.40. The molecule has 2 aromatic rings. The Bertz CT molecular complexity index is 885. The van der Waals surface area contributed by atoms with Gasteiger partial charge in [0.1, 0.15) is 11.6 Å². The predicted molar refractivity (Wildman–Crippen MR) is 103 cm³/mol. The van der Waals surface area contributed by atoms with Gasteiger partial charge in [0.15, 0.2) is 11.5 Å². The molecule has 2 rings (SSSR count). The number of methoxy groups -OCH3 is 1. The number of hydrogen-bond acceptors (Lipinski definition) is 4. The van der Waals surface area contributed by atoms with Gasteiger partial charge in [0.05, 0.1) is 18.7 Å². The number of rotatable bonds is 6. The van der Waals surface area contributed by atoms with E-state index in [0.29, 0.717) is 34.4 Å². The van der Waals surface area contributed by atoms with Crippen molar-refractivity contribution in [1.82, 2.24) is 0 Å². The van der Waals surface area contributed by atoms with Gasteiger partial charge in [-0.2, -0.15) is 5.26 Å². The molecule has 0 aliphatic rings. The van der Waals surface area contributed by atoms with Gasteiger partial charge in [0.25, 0.3) is 5.91 Å². The highest BCUT2D eigenvalue weighted by atomic mass is 35.5. The van der Waals surface area contributed by atoms with E-state index in [9.17, 15) is 10.1 Å². The minimum absolute atomic E-state index is 0.0669. The fourth-order valence-corrected chi connectivity index (χ4v) is 2.50. The molecule has 0 heterocycles. The second kappa shape index (κ2) is 8.93. The van der Waals surface area contributed by atoms with Crippen molar-refractivity contribution in [1.29, 1.82) is 5.26 Å². The number of carbonyl (C=O) groups excluding carboxylic acids is 1. The average molecular weight is 371 g/mol.